The van der Waals surface area contributed by atoms with Crippen LogP contribution in [0.1, 0.15) is 29.5 Å². The first-order valence-electron chi connectivity index (χ1n) is 13.4. The lowest BCUT2D eigenvalue weighted by Crippen LogP contribution is -2.44. The number of nitrogens with zero attached hydrogens (tertiary/aromatic N) is 2. The van der Waals surface area contributed by atoms with Gasteiger partial charge in [0, 0.05) is 41.8 Å². The van der Waals surface area contributed by atoms with E-state index in [4.69, 9.17) is 9.47 Å². The Labute approximate surface area is 229 Å². The number of H-pyrrole nitrogens is 1. The van der Waals surface area contributed by atoms with E-state index < -0.39 is 0 Å². The number of rotatable bonds is 12. The summed E-state index contributed by atoms with van der Waals surface area (Å²) >= 11 is 0. The molecule has 0 atom stereocenters. The molecule has 1 N–H and O–H groups in total. The molecule has 0 aliphatic heterocycles. The molecule has 0 spiro atoms. The number of hydrogen-bond donors (Lipinski definition) is 1. The van der Waals surface area contributed by atoms with E-state index in [1.807, 2.05) is 71.8 Å². The van der Waals surface area contributed by atoms with Crippen molar-refractivity contribution in [1.82, 2.24) is 14.8 Å². The Morgan fingerprint density at radius 2 is 1.62 bits per heavy atom. The lowest BCUT2D eigenvalue weighted by atomic mass is 10.1. The van der Waals surface area contributed by atoms with E-state index in [2.05, 4.69) is 17.1 Å². The van der Waals surface area contributed by atoms with Crippen molar-refractivity contribution in [2.24, 2.45) is 0 Å². The van der Waals surface area contributed by atoms with E-state index in [0.717, 1.165) is 51.9 Å². The minimum atomic E-state index is -0.0595. The molecule has 2 amide bonds. The molecule has 1 aromatic heterocycles. The van der Waals surface area contributed by atoms with Crippen molar-refractivity contribution in [3.05, 3.63) is 95.7 Å². The van der Waals surface area contributed by atoms with E-state index in [1.54, 1.807) is 19.1 Å². The van der Waals surface area contributed by atoms with E-state index in [9.17, 15) is 9.59 Å². The number of methoxy groups -OCH3 is 2. The Bertz CT molecular complexity index is 1420. The van der Waals surface area contributed by atoms with Crippen LogP contribution in [0.5, 0.6) is 11.5 Å². The summed E-state index contributed by atoms with van der Waals surface area (Å²) in [6, 6.07) is 23.6. The van der Waals surface area contributed by atoms with Crippen molar-refractivity contribution >= 4 is 22.7 Å². The highest BCUT2D eigenvalue weighted by Crippen LogP contribution is 2.28. The zero-order valence-electron chi connectivity index (χ0n) is 22.6. The normalized spacial score (nSPS) is 12.8. The van der Waals surface area contributed by atoms with Gasteiger partial charge in [-0.25, -0.2) is 0 Å². The topological polar surface area (TPSA) is 74.9 Å². The minimum absolute atomic E-state index is 0.0233. The summed E-state index contributed by atoms with van der Waals surface area (Å²) in [6.07, 6.45) is 4.85. The van der Waals surface area contributed by atoms with Crippen molar-refractivity contribution in [3.8, 4) is 11.5 Å². The molecule has 1 aliphatic rings. The molecule has 5 rings (SSSR count). The molecule has 1 aliphatic carbocycles. The van der Waals surface area contributed by atoms with Crippen LogP contribution in [0.25, 0.3) is 10.9 Å². The molecule has 7 heteroatoms. The molecule has 39 heavy (non-hydrogen) atoms. The van der Waals surface area contributed by atoms with Gasteiger partial charge in [0.05, 0.1) is 20.6 Å². The fourth-order valence-electron chi connectivity index (χ4n) is 5.00. The molecule has 1 fully saturated rings. The fourth-order valence-corrected chi connectivity index (χ4v) is 5.00. The largest absolute Gasteiger partial charge is 0.497 e. The van der Waals surface area contributed by atoms with E-state index >= 15 is 0 Å². The maximum absolute atomic E-state index is 13.8. The average molecular weight is 526 g/mol. The number of fused-ring (bicyclic) bond motifs is 1. The number of nitrogens with one attached hydrogen (secondary N) is 1. The van der Waals surface area contributed by atoms with Gasteiger partial charge in [0.15, 0.2) is 0 Å². The number of aromatic nitrogens is 1. The molecule has 202 valence electrons. The molecule has 0 radical (unpaired) electrons. The summed E-state index contributed by atoms with van der Waals surface area (Å²) in [5.41, 5.74) is 4.09. The summed E-state index contributed by atoms with van der Waals surface area (Å²) < 4.78 is 10.8. The lowest BCUT2D eigenvalue weighted by Gasteiger charge is -2.28. The Morgan fingerprint density at radius 1 is 0.872 bits per heavy atom. The minimum Gasteiger partial charge on any atom is -0.497 e. The van der Waals surface area contributed by atoms with Gasteiger partial charge >= 0.3 is 0 Å². The zero-order valence-corrected chi connectivity index (χ0v) is 22.6. The van der Waals surface area contributed by atoms with E-state index in [0.29, 0.717) is 19.5 Å². The second-order valence-electron chi connectivity index (χ2n) is 10.0. The molecular formula is C32H35N3O4. The van der Waals surface area contributed by atoms with Gasteiger partial charge in [0.2, 0.25) is 11.8 Å². The highest BCUT2D eigenvalue weighted by molar-refractivity contribution is 5.87. The first-order valence-corrected chi connectivity index (χ1v) is 13.4. The summed E-state index contributed by atoms with van der Waals surface area (Å²) in [5.74, 6) is 1.42. The number of para-hydroxylation sites is 2. The number of amides is 2. The molecular weight excluding hydrogens is 490 g/mol. The van der Waals surface area contributed by atoms with Crippen LogP contribution in [0, 0.1) is 0 Å². The Balaban J connectivity index is 1.33. The summed E-state index contributed by atoms with van der Waals surface area (Å²) in [5, 5.41) is 1.16. The second-order valence-corrected chi connectivity index (χ2v) is 10.0. The van der Waals surface area contributed by atoms with Crippen LogP contribution in [0.4, 0.5) is 0 Å². The van der Waals surface area contributed by atoms with Gasteiger partial charge in [-0.15, -0.1) is 0 Å². The first-order chi connectivity index (χ1) is 19.1. The predicted molar refractivity (Wildman–Crippen MR) is 152 cm³/mol. The quantitative estimate of drug-likeness (QED) is 0.283. The zero-order chi connectivity index (χ0) is 27.2. The Kier molecular flexibility index (Phi) is 8.16. The van der Waals surface area contributed by atoms with Crippen molar-refractivity contribution < 1.29 is 19.1 Å². The number of benzene rings is 3. The summed E-state index contributed by atoms with van der Waals surface area (Å²) in [4.78, 5) is 34.1. The monoisotopic (exact) mass is 525 g/mol. The van der Waals surface area contributed by atoms with Crippen LogP contribution < -0.4 is 9.47 Å². The van der Waals surface area contributed by atoms with Crippen LogP contribution in [0.3, 0.4) is 0 Å². The SMILES string of the molecule is COc1ccc(CC(=O)N(CC(=O)N(CCc2c[nH]c3ccccc23)Cc2ccccc2OC)C2CC2)cc1. The van der Waals surface area contributed by atoms with Crippen molar-refractivity contribution in [3.63, 3.8) is 0 Å². The Morgan fingerprint density at radius 3 is 2.36 bits per heavy atom. The third kappa shape index (κ3) is 6.42. The predicted octanol–water partition coefficient (Wildman–Crippen LogP) is 4.99. The van der Waals surface area contributed by atoms with Gasteiger partial charge in [0.1, 0.15) is 18.0 Å². The standard InChI is InChI=1S/C32H35N3O4/c1-38-27-15-11-23(12-16-27)19-31(36)35(26-13-14-26)22-32(37)34(21-25-7-3-6-10-30(25)39-2)18-17-24-20-33-29-9-5-4-8-28(24)29/h3-12,15-16,20,26,33H,13-14,17-19,21-22H2,1-2H3. The number of carbonyl (C=O) groups is 2. The molecule has 1 saturated carbocycles. The highest BCUT2D eigenvalue weighted by Gasteiger charge is 2.34. The Hall–Kier alpha value is -4.26. The van der Waals surface area contributed by atoms with Gasteiger partial charge in [-0.3, -0.25) is 9.59 Å². The van der Waals surface area contributed by atoms with Crippen LogP contribution >= 0.6 is 0 Å². The summed E-state index contributed by atoms with van der Waals surface area (Å²) in [7, 11) is 3.26. The van der Waals surface area contributed by atoms with Crippen LogP contribution in [0.15, 0.2) is 79.0 Å². The smallest absolute Gasteiger partial charge is 0.242 e. The third-order valence-electron chi connectivity index (χ3n) is 7.36. The molecule has 3 aromatic carbocycles. The fraction of sp³-hybridized carbons (Fsp3) is 0.312. The lowest BCUT2D eigenvalue weighted by molar-refractivity contribution is -0.141. The summed E-state index contributed by atoms with van der Waals surface area (Å²) in [6.45, 7) is 1.02. The highest BCUT2D eigenvalue weighted by atomic mass is 16.5. The molecule has 1 heterocycles. The van der Waals surface area contributed by atoms with Crippen LogP contribution in [-0.2, 0) is 29.0 Å². The molecule has 0 unspecified atom stereocenters. The van der Waals surface area contributed by atoms with Gasteiger partial charge in [-0.05, 0) is 54.7 Å². The van der Waals surface area contributed by atoms with Gasteiger partial charge in [0.25, 0.3) is 0 Å². The molecule has 4 aromatic rings. The number of aromatic amines is 1. The van der Waals surface area contributed by atoms with Gasteiger partial charge in [-0.2, -0.15) is 0 Å². The molecule has 0 bridgehead atoms. The third-order valence-corrected chi connectivity index (χ3v) is 7.36. The number of carbonyl (C=O) groups excluding carboxylic acids is 2. The second kappa shape index (κ2) is 12.1. The number of ether oxygens (including phenoxy) is 2. The molecule has 7 nitrogen and oxygen atoms in total. The van der Waals surface area contributed by atoms with Crippen molar-refractivity contribution in [2.75, 3.05) is 27.3 Å². The van der Waals surface area contributed by atoms with Gasteiger partial charge in [-0.1, -0.05) is 48.5 Å². The van der Waals surface area contributed by atoms with Crippen molar-refractivity contribution in [2.45, 2.75) is 38.3 Å². The van der Waals surface area contributed by atoms with Crippen LogP contribution in [-0.4, -0.2) is 59.9 Å². The molecule has 0 saturated heterocycles. The maximum Gasteiger partial charge on any atom is 0.242 e. The first kappa shape index (κ1) is 26.4. The maximum atomic E-state index is 13.8. The van der Waals surface area contributed by atoms with E-state index in [1.165, 1.54) is 0 Å². The van der Waals surface area contributed by atoms with Gasteiger partial charge < -0.3 is 24.3 Å². The van der Waals surface area contributed by atoms with E-state index in [-0.39, 0.29) is 30.8 Å². The number of hydrogen-bond acceptors (Lipinski definition) is 4. The van der Waals surface area contributed by atoms with Crippen LogP contribution in [0.2, 0.25) is 0 Å². The van der Waals surface area contributed by atoms with Crippen molar-refractivity contribution in [1.29, 1.82) is 0 Å². The average Bonchev–Trinajstić information content (AvgIpc) is 3.73.